The zero-order chi connectivity index (χ0) is 18.0. The third-order valence-electron chi connectivity index (χ3n) is 3.59. The number of hydrogen-bond acceptors (Lipinski definition) is 5. The van der Waals surface area contributed by atoms with Gasteiger partial charge in [0, 0.05) is 6.20 Å². The maximum Gasteiger partial charge on any atom is 0.338 e. The molecular formula is C18H12FN3O3. The molecule has 0 saturated carbocycles. The van der Waals surface area contributed by atoms with Gasteiger partial charge in [0.1, 0.15) is 23.2 Å². The predicted octanol–water partition coefficient (Wildman–Crippen LogP) is 2.75. The first-order chi connectivity index (χ1) is 12.0. The van der Waals surface area contributed by atoms with Gasteiger partial charge < -0.3 is 4.74 Å². The van der Waals surface area contributed by atoms with Crippen molar-refractivity contribution in [3.05, 3.63) is 70.9 Å². The van der Waals surface area contributed by atoms with E-state index in [0.29, 0.717) is 11.2 Å². The molecule has 3 aromatic rings. The fourth-order valence-corrected chi connectivity index (χ4v) is 2.39. The number of halogens is 1. The lowest BCUT2D eigenvalue weighted by atomic mass is 10.1. The number of hydrogen-bond donors (Lipinski definition) is 0. The van der Waals surface area contributed by atoms with Crippen LogP contribution in [0.5, 0.6) is 0 Å². The van der Waals surface area contributed by atoms with Gasteiger partial charge in [-0.05, 0) is 37.3 Å². The largest absolute Gasteiger partial charge is 0.462 e. The standard InChI is InChI=1S/C18H12FN3O3/c1-2-25-18(24)12-4-5-13(14(19)7-12)17(23)15-9-21-16-6-3-11(8-20)10-22(15)16/h3-7,9-10H,2H2,1H3. The SMILES string of the molecule is CCOC(=O)c1ccc(C(=O)c2cnc3ccc(C#N)cn23)c(F)c1. The van der Waals surface area contributed by atoms with Gasteiger partial charge >= 0.3 is 5.97 Å². The van der Waals surface area contributed by atoms with Crippen LogP contribution in [0, 0.1) is 17.1 Å². The molecule has 25 heavy (non-hydrogen) atoms. The number of rotatable bonds is 4. The topological polar surface area (TPSA) is 84.5 Å². The molecule has 1 aromatic carbocycles. The van der Waals surface area contributed by atoms with Crippen molar-refractivity contribution in [2.45, 2.75) is 6.92 Å². The first kappa shape index (κ1) is 16.3. The van der Waals surface area contributed by atoms with Gasteiger partial charge in [0.15, 0.2) is 0 Å². The summed E-state index contributed by atoms with van der Waals surface area (Å²) in [5.41, 5.74) is 0.761. The Morgan fingerprint density at radius 2 is 2.12 bits per heavy atom. The number of fused-ring (bicyclic) bond motifs is 1. The van der Waals surface area contributed by atoms with Gasteiger partial charge in [0.25, 0.3) is 0 Å². The number of carbonyl (C=O) groups excluding carboxylic acids is 2. The number of benzene rings is 1. The summed E-state index contributed by atoms with van der Waals surface area (Å²) in [6.45, 7) is 1.82. The molecule has 7 heteroatoms. The molecule has 0 bridgehead atoms. The zero-order valence-corrected chi connectivity index (χ0v) is 13.2. The maximum atomic E-state index is 14.3. The van der Waals surface area contributed by atoms with E-state index in [9.17, 15) is 14.0 Å². The van der Waals surface area contributed by atoms with Crippen molar-refractivity contribution in [1.82, 2.24) is 9.38 Å². The van der Waals surface area contributed by atoms with E-state index in [1.165, 1.54) is 28.9 Å². The number of ether oxygens (including phenoxy) is 1. The number of carbonyl (C=O) groups is 2. The molecule has 0 aliphatic carbocycles. The minimum absolute atomic E-state index is 0.0285. The summed E-state index contributed by atoms with van der Waals surface area (Å²) in [6, 6.07) is 8.67. The van der Waals surface area contributed by atoms with Crippen LogP contribution in [0.15, 0.2) is 42.7 Å². The van der Waals surface area contributed by atoms with E-state index in [-0.39, 0.29) is 23.4 Å². The van der Waals surface area contributed by atoms with Crippen LogP contribution in [0.3, 0.4) is 0 Å². The summed E-state index contributed by atoms with van der Waals surface area (Å²) in [5.74, 6) is -2.09. The fourth-order valence-electron chi connectivity index (χ4n) is 2.39. The lowest BCUT2D eigenvalue weighted by Crippen LogP contribution is -2.10. The summed E-state index contributed by atoms with van der Waals surface area (Å²) < 4.78 is 20.6. The van der Waals surface area contributed by atoms with Gasteiger partial charge in [-0.1, -0.05) is 0 Å². The molecule has 0 aliphatic rings. The Morgan fingerprint density at radius 3 is 2.80 bits per heavy atom. The third kappa shape index (κ3) is 2.97. The highest BCUT2D eigenvalue weighted by molar-refractivity contribution is 6.08. The first-order valence-electron chi connectivity index (χ1n) is 7.43. The highest BCUT2D eigenvalue weighted by atomic mass is 19.1. The molecule has 2 aromatic heterocycles. The number of nitriles is 1. The van der Waals surface area contributed by atoms with Crippen molar-refractivity contribution in [2.24, 2.45) is 0 Å². The van der Waals surface area contributed by atoms with Crippen LogP contribution >= 0.6 is 0 Å². The van der Waals surface area contributed by atoms with E-state index in [0.717, 1.165) is 6.07 Å². The van der Waals surface area contributed by atoms with E-state index in [1.54, 1.807) is 19.1 Å². The zero-order valence-electron chi connectivity index (χ0n) is 13.2. The Morgan fingerprint density at radius 1 is 1.32 bits per heavy atom. The number of esters is 1. The Labute approximate surface area is 142 Å². The Balaban J connectivity index is 2.01. The third-order valence-corrected chi connectivity index (χ3v) is 3.59. The fraction of sp³-hybridized carbons (Fsp3) is 0.111. The van der Waals surface area contributed by atoms with Crippen molar-refractivity contribution in [3.63, 3.8) is 0 Å². The number of imidazole rings is 1. The van der Waals surface area contributed by atoms with Crippen molar-refractivity contribution in [3.8, 4) is 6.07 Å². The lowest BCUT2D eigenvalue weighted by Gasteiger charge is -2.06. The Hall–Kier alpha value is -3.53. The molecule has 0 aliphatic heterocycles. The maximum absolute atomic E-state index is 14.3. The molecular weight excluding hydrogens is 325 g/mol. The van der Waals surface area contributed by atoms with E-state index in [4.69, 9.17) is 10.00 Å². The second-order valence-electron chi connectivity index (χ2n) is 5.15. The molecule has 0 N–H and O–H groups in total. The van der Waals surface area contributed by atoms with Gasteiger partial charge in [-0.15, -0.1) is 0 Å². The summed E-state index contributed by atoms with van der Waals surface area (Å²) in [6.07, 6.45) is 2.78. The van der Waals surface area contributed by atoms with Crippen molar-refractivity contribution >= 4 is 17.4 Å². The minimum Gasteiger partial charge on any atom is -0.462 e. The number of nitrogens with zero attached hydrogens (tertiary/aromatic N) is 3. The van der Waals surface area contributed by atoms with Crippen molar-refractivity contribution in [1.29, 1.82) is 5.26 Å². The van der Waals surface area contributed by atoms with E-state index >= 15 is 0 Å². The predicted molar refractivity (Wildman–Crippen MR) is 85.7 cm³/mol. The highest BCUT2D eigenvalue weighted by Crippen LogP contribution is 2.18. The van der Waals surface area contributed by atoms with Crippen LogP contribution in [0.1, 0.15) is 38.9 Å². The highest BCUT2D eigenvalue weighted by Gasteiger charge is 2.20. The minimum atomic E-state index is -0.832. The van der Waals surface area contributed by atoms with Crippen molar-refractivity contribution < 1.29 is 18.7 Å². The molecule has 3 rings (SSSR count). The summed E-state index contributed by atoms with van der Waals surface area (Å²) in [5, 5.41) is 8.98. The molecule has 0 unspecified atom stereocenters. The van der Waals surface area contributed by atoms with Gasteiger partial charge in [0.2, 0.25) is 5.78 Å². The van der Waals surface area contributed by atoms with Crippen LogP contribution in [0.2, 0.25) is 0 Å². The molecule has 124 valence electrons. The van der Waals surface area contributed by atoms with Crippen molar-refractivity contribution in [2.75, 3.05) is 6.61 Å². The van der Waals surface area contributed by atoms with E-state index in [1.807, 2.05) is 6.07 Å². The molecule has 0 amide bonds. The molecule has 2 heterocycles. The van der Waals surface area contributed by atoms with E-state index < -0.39 is 17.6 Å². The molecule has 0 spiro atoms. The van der Waals surface area contributed by atoms with Crippen LogP contribution in [0.25, 0.3) is 5.65 Å². The molecule has 6 nitrogen and oxygen atoms in total. The average Bonchev–Trinajstić information content (AvgIpc) is 3.04. The van der Waals surface area contributed by atoms with Crippen LogP contribution < -0.4 is 0 Å². The van der Waals surface area contributed by atoms with Crippen LogP contribution in [-0.2, 0) is 4.74 Å². The van der Waals surface area contributed by atoms with Crippen LogP contribution in [-0.4, -0.2) is 27.7 Å². The number of aromatic nitrogens is 2. The Bertz CT molecular complexity index is 1030. The molecule has 0 atom stereocenters. The smallest absolute Gasteiger partial charge is 0.338 e. The Kier molecular flexibility index (Phi) is 4.27. The second-order valence-corrected chi connectivity index (χ2v) is 5.15. The quantitative estimate of drug-likeness (QED) is 0.540. The van der Waals surface area contributed by atoms with Gasteiger partial charge in [-0.3, -0.25) is 9.20 Å². The number of pyridine rings is 1. The second kappa shape index (κ2) is 6.53. The summed E-state index contributed by atoms with van der Waals surface area (Å²) in [4.78, 5) is 28.4. The summed E-state index contributed by atoms with van der Waals surface area (Å²) in [7, 11) is 0. The average molecular weight is 337 g/mol. The van der Waals surface area contributed by atoms with Gasteiger partial charge in [-0.25, -0.2) is 14.2 Å². The van der Waals surface area contributed by atoms with Crippen LogP contribution in [0.4, 0.5) is 4.39 Å². The van der Waals surface area contributed by atoms with E-state index in [2.05, 4.69) is 4.98 Å². The normalized spacial score (nSPS) is 10.4. The number of ketones is 1. The monoisotopic (exact) mass is 337 g/mol. The molecule has 0 fully saturated rings. The first-order valence-corrected chi connectivity index (χ1v) is 7.43. The lowest BCUT2D eigenvalue weighted by molar-refractivity contribution is 0.0525. The summed E-state index contributed by atoms with van der Waals surface area (Å²) >= 11 is 0. The molecule has 0 saturated heterocycles. The van der Waals surface area contributed by atoms with Gasteiger partial charge in [-0.2, -0.15) is 5.26 Å². The molecule has 0 radical (unpaired) electrons. The van der Waals surface area contributed by atoms with Gasteiger partial charge in [0.05, 0.1) is 29.5 Å².